The lowest BCUT2D eigenvalue weighted by atomic mass is 10.2. The number of halogens is 3. The Kier molecular flexibility index (Phi) is 4.11. The number of thiophene rings is 1. The Morgan fingerprint density at radius 1 is 1.35 bits per heavy atom. The predicted octanol–water partition coefficient (Wildman–Crippen LogP) is 3.95. The third-order valence-corrected chi connectivity index (χ3v) is 5.39. The van der Waals surface area contributed by atoms with Crippen molar-refractivity contribution in [3.63, 3.8) is 0 Å². The average molecular weight is 350 g/mol. The first-order chi connectivity index (χ1) is 9.56. The molecule has 0 aliphatic carbocycles. The number of benzene rings is 1. The zero-order valence-corrected chi connectivity index (χ0v) is 13.4. The van der Waals surface area contributed by atoms with Gasteiger partial charge >= 0.3 is 0 Å². The molecule has 0 saturated carbocycles. The summed E-state index contributed by atoms with van der Waals surface area (Å²) in [6, 6.07) is 3.56. The van der Waals surface area contributed by atoms with Crippen molar-refractivity contribution in [2.75, 3.05) is 13.1 Å². The second-order valence-corrected chi connectivity index (χ2v) is 6.94. The van der Waals surface area contributed by atoms with E-state index in [-0.39, 0.29) is 11.9 Å². The Morgan fingerprint density at radius 2 is 2.15 bits per heavy atom. The van der Waals surface area contributed by atoms with Gasteiger partial charge in [0.2, 0.25) is 0 Å². The zero-order valence-electron chi connectivity index (χ0n) is 10.3. The van der Waals surface area contributed by atoms with E-state index in [1.54, 1.807) is 12.1 Å². The normalized spacial score (nSPS) is 18.6. The number of rotatable bonds is 2. The van der Waals surface area contributed by atoms with Crippen molar-refractivity contribution in [2.24, 2.45) is 0 Å². The van der Waals surface area contributed by atoms with Crippen LogP contribution in [0.25, 0.3) is 10.1 Å². The molecule has 2 N–H and O–H groups in total. The molecule has 1 aliphatic rings. The number of hydrogen-bond donors (Lipinski definition) is 2. The first-order valence-electron chi connectivity index (χ1n) is 6.15. The molecule has 0 radical (unpaired) electrons. The largest absolute Gasteiger partial charge is 0.347 e. The van der Waals surface area contributed by atoms with E-state index in [1.165, 1.54) is 11.3 Å². The molecule has 1 aromatic carbocycles. The van der Waals surface area contributed by atoms with Gasteiger partial charge in [0.15, 0.2) is 0 Å². The molecule has 0 bridgehead atoms. The van der Waals surface area contributed by atoms with Gasteiger partial charge in [0, 0.05) is 27.7 Å². The molecule has 2 aromatic rings. The Hall–Kier alpha value is -0.520. The number of amides is 1. The molecule has 1 amide bonds. The average Bonchev–Trinajstić information content (AvgIpc) is 2.97. The summed E-state index contributed by atoms with van der Waals surface area (Å²) in [5.74, 6) is -0.155. The van der Waals surface area contributed by atoms with Gasteiger partial charge in [-0.3, -0.25) is 4.79 Å². The van der Waals surface area contributed by atoms with Crippen LogP contribution in [-0.2, 0) is 0 Å². The summed E-state index contributed by atoms with van der Waals surface area (Å²) in [6.45, 7) is 1.72. The fraction of sp³-hybridized carbons (Fsp3) is 0.308. The highest BCUT2D eigenvalue weighted by Crippen LogP contribution is 2.41. The molecule has 2 heterocycles. The highest BCUT2D eigenvalue weighted by molar-refractivity contribution is 7.21. The van der Waals surface area contributed by atoms with Crippen molar-refractivity contribution < 1.29 is 4.79 Å². The molecular formula is C13H11Cl3N2OS. The SMILES string of the molecule is O=C(NC1CCNC1)c1sc2cc(Cl)cc(Cl)c2c1Cl. The van der Waals surface area contributed by atoms with Crippen molar-refractivity contribution in [2.45, 2.75) is 12.5 Å². The molecule has 1 aromatic heterocycles. The van der Waals surface area contributed by atoms with Crippen LogP contribution in [-0.4, -0.2) is 25.0 Å². The fourth-order valence-electron chi connectivity index (χ4n) is 2.29. The number of carbonyl (C=O) groups is 1. The van der Waals surface area contributed by atoms with Crippen LogP contribution in [0.1, 0.15) is 16.1 Å². The number of carbonyl (C=O) groups excluding carboxylic acids is 1. The van der Waals surface area contributed by atoms with Gasteiger partial charge in [-0.15, -0.1) is 11.3 Å². The van der Waals surface area contributed by atoms with E-state index in [1.807, 2.05) is 0 Å². The molecule has 1 fully saturated rings. The summed E-state index contributed by atoms with van der Waals surface area (Å²) in [6.07, 6.45) is 0.931. The summed E-state index contributed by atoms with van der Waals surface area (Å²) in [5.41, 5.74) is 0. The molecule has 20 heavy (non-hydrogen) atoms. The standard InChI is InChI=1S/C13H11Cl3N2OS/c14-6-3-8(15)10-9(4-6)20-12(11(10)16)13(19)18-7-1-2-17-5-7/h3-4,7,17H,1-2,5H2,(H,18,19). The number of fused-ring (bicyclic) bond motifs is 1. The molecule has 1 unspecified atom stereocenters. The molecule has 106 valence electrons. The van der Waals surface area contributed by atoms with Gasteiger partial charge < -0.3 is 10.6 Å². The van der Waals surface area contributed by atoms with Crippen molar-refractivity contribution >= 4 is 62.1 Å². The van der Waals surface area contributed by atoms with Crippen molar-refractivity contribution in [1.29, 1.82) is 0 Å². The van der Waals surface area contributed by atoms with Crippen LogP contribution >= 0.6 is 46.1 Å². The molecule has 1 atom stereocenters. The lowest BCUT2D eigenvalue weighted by Gasteiger charge is -2.10. The van der Waals surface area contributed by atoms with E-state index >= 15 is 0 Å². The maximum Gasteiger partial charge on any atom is 0.263 e. The van der Waals surface area contributed by atoms with Gasteiger partial charge in [0.25, 0.3) is 5.91 Å². The quantitative estimate of drug-likeness (QED) is 0.862. The van der Waals surface area contributed by atoms with E-state index in [9.17, 15) is 4.79 Å². The van der Waals surface area contributed by atoms with E-state index in [4.69, 9.17) is 34.8 Å². The van der Waals surface area contributed by atoms with Crippen LogP contribution in [0.3, 0.4) is 0 Å². The second-order valence-electron chi connectivity index (χ2n) is 4.67. The number of hydrogen-bond acceptors (Lipinski definition) is 3. The lowest BCUT2D eigenvalue weighted by Crippen LogP contribution is -2.35. The minimum atomic E-state index is -0.155. The second kappa shape index (κ2) is 5.70. The molecule has 1 aliphatic heterocycles. The highest BCUT2D eigenvalue weighted by atomic mass is 35.5. The van der Waals surface area contributed by atoms with Gasteiger partial charge in [0.05, 0.1) is 10.0 Å². The molecule has 3 rings (SSSR count). The maximum absolute atomic E-state index is 12.3. The number of nitrogens with one attached hydrogen (secondary N) is 2. The van der Waals surface area contributed by atoms with E-state index in [0.29, 0.717) is 25.3 Å². The Labute approximate surface area is 135 Å². The third kappa shape index (κ3) is 2.63. The van der Waals surface area contributed by atoms with Gasteiger partial charge in [0.1, 0.15) is 4.88 Å². The van der Waals surface area contributed by atoms with Crippen molar-refractivity contribution in [1.82, 2.24) is 10.6 Å². The molecular weight excluding hydrogens is 339 g/mol. The summed E-state index contributed by atoms with van der Waals surface area (Å²) >= 11 is 19.7. The predicted molar refractivity (Wildman–Crippen MR) is 85.6 cm³/mol. The molecule has 1 saturated heterocycles. The van der Waals surface area contributed by atoms with Crippen LogP contribution in [0.2, 0.25) is 15.1 Å². The molecule has 0 spiro atoms. The van der Waals surface area contributed by atoms with Crippen LogP contribution in [0, 0.1) is 0 Å². The summed E-state index contributed by atoms with van der Waals surface area (Å²) in [7, 11) is 0. The minimum absolute atomic E-state index is 0.155. The third-order valence-electron chi connectivity index (χ3n) is 3.25. The summed E-state index contributed by atoms with van der Waals surface area (Å²) in [5, 5.41) is 8.28. The van der Waals surface area contributed by atoms with Gasteiger partial charge in [-0.05, 0) is 25.1 Å². The van der Waals surface area contributed by atoms with Gasteiger partial charge in [-0.1, -0.05) is 34.8 Å². The maximum atomic E-state index is 12.3. The van der Waals surface area contributed by atoms with Crippen LogP contribution in [0.5, 0.6) is 0 Å². The monoisotopic (exact) mass is 348 g/mol. The Morgan fingerprint density at radius 3 is 2.85 bits per heavy atom. The fourth-order valence-corrected chi connectivity index (χ4v) is 4.57. The Balaban J connectivity index is 1.97. The lowest BCUT2D eigenvalue weighted by molar-refractivity contribution is 0.0944. The molecule has 3 nitrogen and oxygen atoms in total. The minimum Gasteiger partial charge on any atom is -0.347 e. The summed E-state index contributed by atoms with van der Waals surface area (Å²) < 4.78 is 0.821. The summed E-state index contributed by atoms with van der Waals surface area (Å²) in [4.78, 5) is 12.8. The smallest absolute Gasteiger partial charge is 0.263 e. The van der Waals surface area contributed by atoms with E-state index in [2.05, 4.69) is 10.6 Å². The first kappa shape index (κ1) is 14.4. The topological polar surface area (TPSA) is 41.1 Å². The van der Waals surface area contributed by atoms with Crippen LogP contribution < -0.4 is 10.6 Å². The first-order valence-corrected chi connectivity index (χ1v) is 8.10. The van der Waals surface area contributed by atoms with Gasteiger partial charge in [-0.25, -0.2) is 0 Å². The van der Waals surface area contributed by atoms with E-state index in [0.717, 1.165) is 24.2 Å². The van der Waals surface area contributed by atoms with Crippen LogP contribution in [0.15, 0.2) is 12.1 Å². The van der Waals surface area contributed by atoms with Gasteiger partial charge in [-0.2, -0.15) is 0 Å². The van der Waals surface area contributed by atoms with Crippen molar-refractivity contribution in [3.05, 3.63) is 32.1 Å². The highest BCUT2D eigenvalue weighted by Gasteiger charge is 2.23. The van der Waals surface area contributed by atoms with Crippen molar-refractivity contribution in [3.8, 4) is 0 Å². The van der Waals surface area contributed by atoms with Crippen LogP contribution in [0.4, 0.5) is 0 Å². The zero-order chi connectivity index (χ0) is 14.3. The van der Waals surface area contributed by atoms with E-state index < -0.39 is 0 Å². The molecule has 7 heteroatoms. The Bertz CT molecular complexity index is 680.